The summed E-state index contributed by atoms with van der Waals surface area (Å²) in [6.45, 7) is 4.28. The van der Waals surface area contributed by atoms with Crippen molar-refractivity contribution in [2.24, 2.45) is 0 Å². The van der Waals surface area contributed by atoms with Crippen molar-refractivity contribution in [1.82, 2.24) is 9.78 Å². The van der Waals surface area contributed by atoms with E-state index in [2.05, 4.69) is 10.4 Å². The highest BCUT2D eigenvalue weighted by Crippen LogP contribution is 2.31. The minimum absolute atomic E-state index is 0.0234. The number of rotatable bonds is 8. The number of amides is 1. The normalized spacial score (nSPS) is 10.8. The lowest BCUT2D eigenvalue weighted by molar-refractivity contribution is -0.115. The molecule has 0 aliphatic carbocycles. The Morgan fingerprint density at radius 2 is 1.89 bits per heavy atom. The van der Waals surface area contributed by atoms with Gasteiger partial charge in [-0.2, -0.15) is 9.78 Å². The van der Waals surface area contributed by atoms with E-state index in [4.69, 9.17) is 21.1 Å². The molecule has 4 aromatic rings. The summed E-state index contributed by atoms with van der Waals surface area (Å²) in [5, 5.41) is 9.91. The van der Waals surface area contributed by atoms with Crippen LogP contribution < -0.4 is 15.6 Å². The van der Waals surface area contributed by atoms with Crippen LogP contribution in [0.25, 0.3) is 16.5 Å². The number of thiophene rings is 1. The zero-order chi connectivity index (χ0) is 24.9. The monoisotopic (exact) mass is 511 g/mol. The van der Waals surface area contributed by atoms with Gasteiger partial charge in [0.25, 0.3) is 5.56 Å². The summed E-state index contributed by atoms with van der Waals surface area (Å²) < 4.78 is 11.7. The molecule has 0 unspecified atom stereocenters. The first-order valence-corrected chi connectivity index (χ1v) is 12.2. The number of hydrogen-bond donors (Lipinski definition) is 1. The molecule has 1 N–H and O–H groups in total. The lowest BCUT2D eigenvalue weighted by Gasteiger charge is -2.10. The molecule has 2 aromatic heterocycles. The molecular formula is C25H22ClN3O5S. The van der Waals surface area contributed by atoms with Gasteiger partial charge >= 0.3 is 5.97 Å². The first-order valence-electron chi connectivity index (χ1n) is 10.9. The van der Waals surface area contributed by atoms with Crippen molar-refractivity contribution in [3.8, 4) is 11.4 Å². The van der Waals surface area contributed by atoms with Crippen LogP contribution in [0.15, 0.2) is 58.7 Å². The van der Waals surface area contributed by atoms with E-state index in [0.29, 0.717) is 27.7 Å². The molecule has 8 nitrogen and oxygen atoms in total. The van der Waals surface area contributed by atoms with Crippen LogP contribution in [0.2, 0.25) is 5.02 Å². The van der Waals surface area contributed by atoms with E-state index in [0.717, 1.165) is 27.3 Å². The fourth-order valence-corrected chi connectivity index (χ4v) is 4.64. The minimum Gasteiger partial charge on any atom is -0.494 e. The van der Waals surface area contributed by atoms with Crippen molar-refractivity contribution in [2.75, 3.05) is 18.5 Å². The predicted molar refractivity (Wildman–Crippen MR) is 136 cm³/mol. The maximum absolute atomic E-state index is 13.4. The summed E-state index contributed by atoms with van der Waals surface area (Å²) in [7, 11) is 0. The number of nitrogens with one attached hydrogen (secondary N) is 1. The fourth-order valence-electron chi connectivity index (χ4n) is 3.50. The van der Waals surface area contributed by atoms with Crippen molar-refractivity contribution in [3.05, 3.63) is 80.5 Å². The Morgan fingerprint density at radius 3 is 2.57 bits per heavy atom. The van der Waals surface area contributed by atoms with Crippen molar-refractivity contribution in [3.63, 3.8) is 0 Å². The maximum atomic E-state index is 13.4. The quantitative estimate of drug-likeness (QED) is 0.339. The third-order valence-electron chi connectivity index (χ3n) is 5.03. The van der Waals surface area contributed by atoms with E-state index in [1.807, 2.05) is 19.1 Å². The lowest BCUT2D eigenvalue weighted by atomic mass is 10.1. The van der Waals surface area contributed by atoms with Crippen molar-refractivity contribution in [1.29, 1.82) is 0 Å². The van der Waals surface area contributed by atoms with E-state index in [1.165, 1.54) is 0 Å². The summed E-state index contributed by atoms with van der Waals surface area (Å²) in [5.74, 6) is -0.249. The molecule has 0 aliphatic rings. The number of nitrogens with zero attached hydrogens (tertiary/aromatic N) is 2. The van der Waals surface area contributed by atoms with Gasteiger partial charge in [0.05, 0.1) is 30.7 Å². The number of carbonyl (C=O) groups is 2. The van der Waals surface area contributed by atoms with Gasteiger partial charge in [0.15, 0.2) is 5.69 Å². The van der Waals surface area contributed by atoms with Gasteiger partial charge in [-0.3, -0.25) is 9.59 Å². The molecule has 4 rings (SSSR count). The van der Waals surface area contributed by atoms with E-state index in [9.17, 15) is 14.4 Å². The molecule has 180 valence electrons. The highest BCUT2D eigenvalue weighted by atomic mass is 35.5. The molecule has 0 atom stereocenters. The van der Waals surface area contributed by atoms with Crippen molar-refractivity contribution in [2.45, 2.75) is 20.3 Å². The molecule has 0 spiro atoms. The van der Waals surface area contributed by atoms with Crippen molar-refractivity contribution >= 4 is 50.6 Å². The molecule has 0 aliphatic heterocycles. The standard InChI is InChI=1S/C25H22ClN3O5S/c1-3-33-18-10-8-15(9-11-18)12-20(30)27-23-21-19(14-35-23)22(25(32)34-4-2)28-29(24(21)31)17-7-5-6-16(26)13-17/h5-11,13-14H,3-4,12H2,1-2H3,(H,27,30). The average Bonchev–Trinajstić information content (AvgIpc) is 3.25. The Bertz CT molecular complexity index is 1450. The number of carbonyl (C=O) groups excluding carboxylic acids is 2. The summed E-state index contributed by atoms with van der Waals surface area (Å²) in [5.41, 5.74) is 0.655. The van der Waals surface area contributed by atoms with E-state index in [-0.39, 0.29) is 30.0 Å². The topological polar surface area (TPSA) is 99.5 Å². The molecule has 2 heterocycles. The Morgan fingerprint density at radius 1 is 1.11 bits per heavy atom. The SMILES string of the molecule is CCOC(=O)c1nn(-c2cccc(Cl)c2)c(=O)c2c(NC(=O)Cc3ccc(OCC)cc3)scc12. The first-order chi connectivity index (χ1) is 16.9. The van der Waals surface area contributed by atoms with Crippen LogP contribution >= 0.6 is 22.9 Å². The molecule has 10 heteroatoms. The number of ether oxygens (including phenoxy) is 2. The van der Waals surface area contributed by atoms with Gasteiger partial charge in [0, 0.05) is 15.8 Å². The maximum Gasteiger partial charge on any atom is 0.359 e. The second kappa shape index (κ2) is 10.7. The first kappa shape index (κ1) is 24.4. The van der Waals surface area contributed by atoms with Crippen LogP contribution in [-0.4, -0.2) is 34.9 Å². The molecule has 1 amide bonds. The van der Waals surface area contributed by atoms with Crippen LogP contribution in [0.4, 0.5) is 5.00 Å². The molecule has 0 saturated carbocycles. The lowest BCUT2D eigenvalue weighted by Crippen LogP contribution is -2.25. The van der Waals surface area contributed by atoms with E-state index in [1.54, 1.807) is 48.7 Å². The van der Waals surface area contributed by atoms with Gasteiger partial charge < -0.3 is 14.8 Å². The Labute approximate surface area is 210 Å². The average molecular weight is 512 g/mol. The van der Waals surface area contributed by atoms with Crippen LogP contribution in [-0.2, 0) is 16.0 Å². The summed E-state index contributed by atoms with van der Waals surface area (Å²) in [4.78, 5) is 38.9. The number of aromatic nitrogens is 2. The molecule has 2 aromatic carbocycles. The van der Waals surface area contributed by atoms with Gasteiger partial charge in [-0.15, -0.1) is 11.3 Å². The largest absolute Gasteiger partial charge is 0.494 e. The second-order valence-corrected chi connectivity index (χ2v) is 8.74. The second-order valence-electron chi connectivity index (χ2n) is 7.42. The van der Waals surface area contributed by atoms with Gasteiger partial charge in [-0.25, -0.2) is 4.79 Å². The zero-order valence-corrected chi connectivity index (χ0v) is 20.6. The number of fused-ring (bicyclic) bond motifs is 1. The third kappa shape index (κ3) is 5.36. The van der Waals surface area contributed by atoms with Gasteiger partial charge in [-0.1, -0.05) is 29.8 Å². The van der Waals surface area contributed by atoms with Crippen LogP contribution in [0.3, 0.4) is 0 Å². The summed E-state index contributed by atoms with van der Waals surface area (Å²) in [6.07, 6.45) is 0.101. The molecule has 0 saturated heterocycles. The Kier molecular flexibility index (Phi) is 7.48. The summed E-state index contributed by atoms with van der Waals surface area (Å²) in [6, 6.07) is 13.8. The van der Waals surface area contributed by atoms with Gasteiger partial charge in [-0.05, 0) is 49.7 Å². The fraction of sp³-hybridized carbons (Fsp3) is 0.200. The van der Waals surface area contributed by atoms with Crippen LogP contribution in [0.1, 0.15) is 29.9 Å². The highest BCUT2D eigenvalue weighted by molar-refractivity contribution is 7.16. The number of halogens is 1. The molecular weight excluding hydrogens is 490 g/mol. The Balaban J connectivity index is 1.72. The minimum atomic E-state index is -0.668. The van der Waals surface area contributed by atoms with Crippen molar-refractivity contribution < 1.29 is 19.1 Å². The summed E-state index contributed by atoms with van der Waals surface area (Å²) >= 11 is 7.25. The predicted octanol–water partition coefficient (Wildman–Crippen LogP) is 4.86. The number of anilines is 1. The number of benzene rings is 2. The van der Waals surface area contributed by atoms with E-state index < -0.39 is 11.5 Å². The smallest absolute Gasteiger partial charge is 0.359 e. The van der Waals surface area contributed by atoms with Gasteiger partial charge in [0.2, 0.25) is 5.91 Å². The number of hydrogen-bond acceptors (Lipinski definition) is 7. The highest BCUT2D eigenvalue weighted by Gasteiger charge is 2.23. The molecule has 35 heavy (non-hydrogen) atoms. The number of esters is 1. The van der Waals surface area contributed by atoms with Gasteiger partial charge in [0.1, 0.15) is 10.8 Å². The van der Waals surface area contributed by atoms with Crippen LogP contribution in [0, 0.1) is 0 Å². The Hall–Kier alpha value is -3.69. The molecule has 0 bridgehead atoms. The zero-order valence-electron chi connectivity index (χ0n) is 19.0. The molecule has 0 radical (unpaired) electrons. The molecule has 0 fully saturated rings. The van der Waals surface area contributed by atoms with E-state index >= 15 is 0 Å². The van der Waals surface area contributed by atoms with Crippen LogP contribution in [0.5, 0.6) is 5.75 Å². The third-order valence-corrected chi connectivity index (χ3v) is 6.16.